The Morgan fingerprint density at radius 1 is 0.788 bits per heavy atom. The van der Waals surface area contributed by atoms with Gasteiger partial charge in [-0.15, -0.1) is 0 Å². The van der Waals surface area contributed by atoms with E-state index in [1.54, 1.807) is 75.4 Å². The summed E-state index contributed by atoms with van der Waals surface area (Å²) in [5, 5.41) is 13.8. The van der Waals surface area contributed by atoms with E-state index in [0.29, 0.717) is 18.5 Å². The summed E-state index contributed by atoms with van der Waals surface area (Å²) in [5.41, 5.74) is 5.92. The van der Waals surface area contributed by atoms with Crippen LogP contribution < -0.4 is 32.1 Å². The second-order valence-electron chi connectivity index (χ2n) is 14.2. The number of ether oxygens (including phenoxy) is 1. The fraction of sp³-hybridized carbons (Fsp3) is 0.541. The maximum absolute atomic E-state index is 15.0. The zero-order chi connectivity index (χ0) is 39.1. The molecule has 52 heavy (non-hydrogen) atoms. The Bertz CT molecular complexity index is 1520. The van der Waals surface area contributed by atoms with Crippen LogP contribution in [0.4, 0.5) is 4.79 Å². The first-order chi connectivity index (χ1) is 24.4. The van der Waals surface area contributed by atoms with E-state index >= 15 is 0 Å². The molecule has 5 amide bonds. The Morgan fingerprint density at radius 2 is 1.33 bits per heavy atom. The van der Waals surface area contributed by atoms with E-state index in [2.05, 4.69) is 26.4 Å². The maximum atomic E-state index is 15.0. The number of hydrogen-bond donors (Lipinski definition) is 6. The van der Waals surface area contributed by atoms with E-state index in [0.717, 1.165) is 5.56 Å². The summed E-state index contributed by atoms with van der Waals surface area (Å²) in [4.78, 5) is 65.8. The zero-order valence-corrected chi connectivity index (χ0v) is 32.5. The predicted molar refractivity (Wildman–Crippen MR) is 200 cm³/mol. The van der Waals surface area contributed by atoms with Gasteiger partial charge in [-0.2, -0.15) is 0 Å². The van der Waals surface area contributed by atoms with Crippen LogP contribution in [-0.2, 0) is 45.8 Å². The Kier molecular flexibility index (Phi) is 17.5. The average molecular weight is 745 g/mol. The van der Waals surface area contributed by atoms with Gasteiger partial charge in [0, 0.05) is 20.1 Å². The van der Waals surface area contributed by atoms with Gasteiger partial charge in [-0.3, -0.25) is 23.7 Å². The Morgan fingerprint density at radius 3 is 1.81 bits per heavy atom. The molecular weight excluding hydrogens is 687 g/mol. The molecule has 0 heterocycles. The van der Waals surface area contributed by atoms with Gasteiger partial charge in [-0.1, -0.05) is 94.8 Å². The van der Waals surface area contributed by atoms with Gasteiger partial charge in [-0.05, 0) is 50.2 Å². The zero-order valence-electron chi connectivity index (χ0n) is 31.6. The molecule has 2 aromatic rings. The molecule has 14 nitrogen and oxygen atoms in total. The number of alkyl carbamates (subject to hydrolysis) is 1. The lowest BCUT2D eigenvalue weighted by Gasteiger charge is -2.33. The van der Waals surface area contributed by atoms with Crippen LogP contribution in [0.3, 0.4) is 0 Å². The lowest BCUT2D eigenvalue weighted by Crippen LogP contribution is -2.56. The van der Waals surface area contributed by atoms with Crippen LogP contribution in [0.1, 0.15) is 72.4 Å². The van der Waals surface area contributed by atoms with Crippen LogP contribution in [-0.4, -0.2) is 72.9 Å². The standard InChI is InChI=1S/C37H57N6O8P/c1-9-25(4)32(35(47)39-23-24(2)3)42-34(46)29(20-26-16-12-10-13-17-26)43-52(49,50-8)31(21-27-18-14-11-15-19-27)41-33(45)28(22-30(38)44)40-36(48)51-37(5,6)7/h10-19,24-25,28-29,31-32H,9,20-23H2,1-8H3,(H2,38,44)(H,39,47)(H,40,48)(H,41,45)(H,42,46)(H,43,49)/t25-,28?,29+,31?,32-,52?/m0/s1. The normalized spacial score (nSPS) is 15.6. The number of nitrogens with one attached hydrogen (secondary N) is 5. The van der Waals surface area contributed by atoms with Gasteiger partial charge in [0.05, 0.1) is 12.5 Å². The topological polar surface area (TPSA) is 207 Å². The van der Waals surface area contributed by atoms with Crippen molar-refractivity contribution in [2.24, 2.45) is 17.6 Å². The first kappa shape index (κ1) is 43.9. The van der Waals surface area contributed by atoms with Gasteiger partial charge in [0.25, 0.3) is 7.52 Å². The van der Waals surface area contributed by atoms with Gasteiger partial charge in [0.1, 0.15) is 23.5 Å². The molecule has 0 aliphatic carbocycles. The van der Waals surface area contributed by atoms with Crippen molar-refractivity contribution in [3.05, 3.63) is 71.8 Å². The van der Waals surface area contributed by atoms with Crippen molar-refractivity contribution < 1.29 is 37.8 Å². The summed E-state index contributed by atoms with van der Waals surface area (Å²) in [6, 6.07) is 14.3. The number of benzene rings is 2. The van der Waals surface area contributed by atoms with Crippen molar-refractivity contribution in [2.75, 3.05) is 13.7 Å². The highest BCUT2D eigenvalue weighted by atomic mass is 31.2. The summed E-state index contributed by atoms with van der Waals surface area (Å²) < 4.78 is 25.9. The highest BCUT2D eigenvalue weighted by molar-refractivity contribution is 7.57. The number of amides is 5. The Hall–Kier alpha value is -4.26. The summed E-state index contributed by atoms with van der Waals surface area (Å²) >= 11 is 0. The van der Waals surface area contributed by atoms with Crippen molar-refractivity contribution in [1.82, 2.24) is 26.4 Å². The largest absolute Gasteiger partial charge is 0.444 e. The predicted octanol–water partition coefficient (Wildman–Crippen LogP) is 3.78. The number of rotatable bonds is 20. The van der Waals surface area contributed by atoms with E-state index in [1.807, 2.05) is 33.8 Å². The minimum Gasteiger partial charge on any atom is -0.444 e. The van der Waals surface area contributed by atoms with Gasteiger partial charge in [-0.25, -0.2) is 9.88 Å². The van der Waals surface area contributed by atoms with E-state index in [1.165, 1.54) is 7.11 Å². The summed E-state index contributed by atoms with van der Waals surface area (Å²) in [6.45, 7) is 13.0. The fourth-order valence-corrected chi connectivity index (χ4v) is 7.05. The highest BCUT2D eigenvalue weighted by Crippen LogP contribution is 2.48. The molecule has 0 aromatic heterocycles. The molecule has 7 N–H and O–H groups in total. The quantitative estimate of drug-likeness (QED) is 0.109. The second kappa shape index (κ2) is 20.7. The smallest absolute Gasteiger partial charge is 0.408 e. The van der Waals surface area contributed by atoms with Crippen LogP contribution in [0, 0.1) is 11.8 Å². The SMILES string of the molecule is CC[C@H](C)[C@H](NC(=O)[C@@H](Cc1ccccc1)NP(=O)(OC)C(Cc1ccccc1)NC(=O)C(CC(N)=O)NC(=O)OC(C)(C)C)C(=O)NCC(C)C. The first-order valence-corrected chi connectivity index (χ1v) is 19.2. The van der Waals surface area contributed by atoms with Crippen molar-refractivity contribution in [2.45, 2.75) is 104 Å². The number of nitrogens with two attached hydrogens (primary N) is 1. The van der Waals surface area contributed by atoms with Crippen LogP contribution in [0.2, 0.25) is 0 Å². The third-order valence-electron chi connectivity index (χ3n) is 8.09. The molecule has 0 radical (unpaired) electrons. The molecule has 15 heteroatoms. The van der Waals surface area contributed by atoms with E-state index in [4.69, 9.17) is 15.0 Å². The van der Waals surface area contributed by atoms with Gasteiger partial charge in [0.15, 0.2) is 0 Å². The van der Waals surface area contributed by atoms with Crippen molar-refractivity contribution in [1.29, 1.82) is 0 Å². The Balaban J connectivity index is 2.55. The fourth-order valence-electron chi connectivity index (χ4n) is 5.12. The number of carbonyl (C=O) groups is 5. The molecule has 0 saturated carbocycles. The molecule has 0 aliphatic heterocycles. The number of hydrogen-bond acceptors (Lipinski definition) is 8. The monoisotopic (exact) mass is 744 g/mol. The molecule has 288 valence electrons. The number of carbonyl (C=O) groups excluding carboxylic acids is 5. The molecule has 3 unspecified atom stereocenters. The van der Waals surface area contributed by atoms with Crippen LogP contribution in [0.25, 0.3) is 0 Å². The molecule has 0 bridgehead atoms. The van der Waals surface area contributed by atoms with Crippen LogP contribution >= 0.6 is 7.52 Å². The van der Waals surface area contributed by atoms with Crippen molar-refractivity contribution in [3.8, 4) is 0 Å². The molecule has 6 atom stereocenters. The minimum absolute atomic E-state index is 0.0345. The molecule has 0 aliphatic rings. The maximum Gasteiger partial charge on any atom is 0.408 e. The summed E-state index contributed by atoms with van der Waals surface area (Å²) in [7, 11) is -3.05. The van der Waals surface area contributed by atoms with E-state index in [-0.39, 0.29) is 30.6 Å². The highest BCUT2D eigenvalue weighted by Gasteiger charge is 2.41. The van der Waals surface area contributed by atoms with Gasteiger partial charge in [0.2, 0.25) is 23.6 Å². The minimum atomic E-state index is -4.25. The number of primary amides is 1. The van der Waals surface area contributed by atoms with Crippen molar-refractivity contribution >= 4 is 37.2 Å². The summed E-state index contributed by atoms with van der Waals surface area (Å²) in [6.07, 6.45) is -0.926. The Labute approximate surface area is 307 Å². The van der Waals surface area contributed by atoms with Crippen LogP contribution in [0.5, 0.6) is 0 Å². The second-order valence-corrected chi connectivity index (χ2v) is 16.7. The molecule has 0 saturated heterocycles. The van der Waals surface area contributed by atoms with Crippen LogP contribution in [0.15, 0.2) is 60.7 Å². The third kappa shape index (κ3) is 15.1. The first-order valence-electron chi connectivity index (χ1n) is 17.5. The lowest BCUT2D eigenvalue weighted by molar-refractivity contribution is -0.131. The molecule has 2 rings (SSSR count). The van der Waals surface area contributed by atoms with E-state index < -0.39 is 67.3 Å². The molecular formula is C37H57N6O8P. The third-order valence-corrected chi connectivity index (χ3v) is 10.4. The van der Waals surface area contributed by atoms with Crippen molar-refractivity contribution in [3.63, 3.8) is 0 Å². The average Bonchev–Trinajstić information content (AvgIpc) is 3.08. The molecule has 2 aromatic carbocycles. The van der Waals surface area contributed by atoms with E-state index in [9.17, 15) is 28.5 Å². The summed E-state index contributed by atoms with van der Waals surface area (Å²) in [5.74, 6) is -4.05. The lowest BCUT2D eigenvalue weighted by atomic mass is 9.97. The van der Waals surface area contributed by atoms with Gasteiger partial charge >= 0.3 is 6.09 Å². The molecule has 0 spiro atoms. The van der Waals surface area contributed by atoms with Gasteiger partial charge < -0.3 is 36.3 Å². The molecule has 0 fully saturated rings.